The molecule has 0 N–H and O–H groups in total. The molecule has 6 nitrogen and oxygen atoms in total. The zero-order valence-electron chi connectivity index (χ0n) is 22.7. The number of benzene rings is 2. The molecule has 1 fully saturated rings. The highest BCUT2D eigenvalue weighted by Gasteiger charge is 2.24. The van der Waals surface area contributed by atoms with Crippen molar-refractivity contribution in [2.45, 2.75) is 26.2 Å². The van der Waals surface area contributed by atoms with Gasteiger partial charge < -0.3 is 14.2 Å². The maximum absolute atomic E-state index is 13.3. The van der Waals surface area contributed by atoms with Crippen LogP contribution in [-0.2, 0) is 0 Å². The Morgan fingerprint density at radius 1 is 1.00 bits per heavy atom. The zero-order chi connectivity index (χ0) is 27.5. The molecule has 0 bridgehead atoms. The van der Waals surface area contributed by atoms with Crippen LogP contribution in [0.1, 0.15) is 39.4 Å². The van der Waals surface area contributed by atoms with Gasteiger partial charge in [-0.3, -0.25) is 9.69 Å². The van der Waals surface area contributed by atoms with Gasteiger partial charge in [0.25, 0.3) is 5.91 Å². The third kappa shape index (κ3) is 6.40. The number of likely N-dealkylation sites (N-methyl/N-ethyl adjacent to an activating group) is 1. The Bertz CT molecular complexity index is 1440. The molecule has 1 unspecified atom stereocenters. The van der Waals surface area contributed by atoms with E-state index in [2.05, 4.69) is 20.9 Å². The average molecular weight is 566 g/mol. The summed E-state index contributed by atoms with van der Waals surface area (Å²) in [6.07, 6.45) is 4.46. The molecule has 1 atom stereocenters. The molecule has 0 radical (unpaired) electrons. The van der Waals surface area contributed by atoms with E-state index in [4.69, 9.17) is 27.6 Å². The molecule has 0 aliphatic carbocycles. The van der Waals surface area contributed by atoms with Crippen LogP contribution >= 0.6 is 23.2 Å². The largest absolute Gasteiger partial charge is 0.460 e. The topological polar surface area (TPSA) is 52.8 Å². The molecule has 1 amide bonds. The standard InChI is InChI=1S/C31H34Cl2N4O2/c1-21-16-22(2)18-26(17-21)31(38)35(3)20-25(24-4-5-27(32)28(33)19-24)7-10-36-11-13-37(14-12-36)30-29-23(6-9-34-30)8-15-39-29/h4-6,8-9,15-19,25H,7,10-14,20H2,1-3H3. The molecule has 5 rings (SSSR count). The summed E-state index contributed by atoms with van der Waals surface area (Å²) in [4.78, 5) is 24.5. The molecule has 4 aromatic rings. The van der Waals surface area contributed by atoms with Gasteiger partial charge in [-0.05, 0) is 68.8 Å². The fourth-order valence-corrected chi connectivity index (χ4v) is 5.79. The Labute approximate surface area is 240 Å². The molecule has 39 heavy (non-hydrogen) atoms. The van der Waals surface area contributed by atoms with Crippen molar-refractivity contribution in [3.63, 3.8) is 0 Å². The smallest absolute Gasteiger partial charge is 0.253 e. The predicted molar refractivity (Wildman–Crippen MR) is 159 cm³/mol. The highest BCUT2D eigenvalue weighted by molar-refractivity contribution is 6.42. The van der Waals surface area contributed by atoms with Crippen molar-refractivity contribution >= 4 is 45.9 Å². The van der Waals surface area contributed by atoms with Crippen molar-refractivity contribution in [1.29, 1.82) is 0 Å². The Balaban J connectivity index is 1.25. The molecule has 2 aromatic carbocycles. The van der Waals surface area contributed by atoms with E-state index in [-0.39, 0.29) is 11.8 Å². The first kappa shape index (κ1) is 27.5. The van der Waals surface area contributed by atoms with Gasteiger partial charge >= 0.3 is 0 Å². The lowest BCUT2D eigenvalue weighted by molar-refractivity contribution is 0.0782. The normalized spacial score (nSPS) is 15.1. The quantitative estimate of drug-likeness (QED) is 0.235. The first-order valence-corrected chi connectivity index (χ1v) is 14.1. The van der Waals surface area contributed by atoms with E-state index in [1.807, 2.05) is 74.5 Å². The fourth-order valence-electron chi connectivity index (χ4n) is 5.49. The highest BCUT2D eigenvalue weighted by Crippen LogP contribution is 2.30. The minimum absolute atomic E-state index is 0.0278. The predicted octanol–water partition coefficient (Wildman–Crippen LogP) is 6.82. The van der Waals surface area contributed by atoms with Crippen LogP contribution in [0.25, 0.3) is 11.0 Å². The van der Waals surface area contributed by atoms with Gasteiger partial charge in [-0.15, -0.1) is 0 Å². The molecule has 0 spiro atoms. The SMILES string of the molecule is Cc1cc(C)cc(C(=O)N(C)CC(CCN2CCN(c3nccc4ccoc34)CC2)c2ccc(Cl)c(Cl)c2)c1. The minimum Gasteiger partial charge on any atom is -0.460 e. The van der Waals surface area contributed by atoms with Gasteiger partial charge in [-0.25, -0.2) is 4.98 Å². The highest BCUT2D eigenvalue weighted by atomic mass is 35.5. The molecular weight excluding hydrogens is 531 g/mol. The van der Waals surface area contributed by atoms with E-state index >= 15 is 0 Å². The fraction of sp³-hybridized carbons (Fsp3) is 0.355. The molecule has 2 aromatic heterocycles. The van der Waals surface area contributed by atoms with E-state index in [1.54, 1.807) is 6.26 Å². The Morgan fingerprint density at radius 2 is 1.74 bits per heavy atom. The van der Waals surface area contributed by atoms with Crippen LogP contribution < -0.4 is 4.90 Å². The van der Waals surface area contributed by atoms with Gasteiger partial charge in [0.15, 0.2) is 11.4 Å². The molecule has 204 valence electrons. The number of furan rings is 1. The van der Waals surface area contributed by atoms with Crippen LogP contribution in [0.3, 0.4) is 0 Å². The van der Waals surface area contributed by atoms with Crippen LogP contribution in [0.4, 0.5) is 5.82 Å². The van der Waals surface area contributed by atoms with Gasteiger partial charge in [0.05, 0.1) is 16.3 Å². The maximum Gasteiger partial charge on any atom is 0.253 e. The number of amides is 1. The number of rotatable bonds is 8. The Hall–Kier alpha value is -3.06. The van der Waals surface area contributed by atoms with Crippen LogP contribution in [0.5, 0.6) is 0 Å². The summed E-state index contributed by atoms with van der Waals surface area (Å²) >= 11 is 12.6. The molecular formula is C31H34Cl2N4O2. The summed E-state index contributed by atoms with van der Waals surface area (Å²) < 4.78 is 5.71. The van der Waals surface area contributed by atoms with Crippen LogP contribution in [0.2, 0.25) is 10.0 Å². The van der Waals surface area contributed by atoms with E-state index in [0.29, 0.717) is 16.6 Å². The van der Waals surface area contributed by atoms with Crippen molar-refractivity contribution in [2.24, 2.45) is 0 Å². The molecule has 3 heterocycles. The summed E-state index contributed by atoms with van der Waals surface area (Å²) in [6.45, 7) is 9.19. The van der Waals surface area contributed by atoms with Crippen LogP contribution in [0.15, 0.2) is 65.4 Å². The molecule has 1 aliphatic rings. The van der Waals surface area contributed by atoms with E-state index in [9.17, 15) is 4.79 Å². The minimum atomic E-state index is 0.0278. The summed E-state index contributed by atoms with van der Waals surface area (Å²) in [5.74, 6) is 1.06. The van der Waals surface area contributed by atoms with Gasteiger partial charge in [-0.1, -0.05) is 46.5 Å². The van der Waals surface area contributed by atoms with Crippen molar-refractivity contribution in [1.82, 2.24) is 14.8 Å². The van der Waals surface area contributed by atoms with E-state index < -0.39 is 0 Å². The van der Waals surface area contributed by atoms with Crippen molar-refractivity contribution in [2.75, 3.05) is 51.2 Å². The zero-order valence-corrected chi connectivity index (χ0v) is 24.2. The Morgan fingerprint density at radius 3 is 2.46 bits per heavy atom. The lowest BCUT2D eigenvalue weighted by Gasteiger charge is -2.36. The second-order valence-electron chi connectivity index (χ2n) is 10.5. The van der Waals surface area contributed by atoms with Crippen LogP contribution in [-0.4, -0.2) is 67.0 Å². The lowest BCUT2D eigenvalue weighted by atomic mass is 9.94. The number of fused-ring (bicyclic) bond motifs is 1. The number of pyridine rings is 1. The third-order valence-electron chi connectivity index (χ3n) is 7.54. The lowest BCUT2D eigenvalue weighted by Crippen LogP contribution is -2.47. The number of nitrogens with zero attached hydrogens (tertiary/aromatic N) is 4. The first-order valence-electron chi connectivity index (χ1n) is 13.4. The third-order valence-corrected chi connectivity index (χ3v) is 8.28. The monoisotopic (exact) mass is 564 g/mol. The summed E-state index contributed by atoms with van der Waals surface area (Å²) in [6, 6.07) is 15.8. The molecule has 0 saturated carbocycles. The van der Waals surface area contributed by atoms with Gasteiger partial charge in [0, 0.05) is 62.8 Å². The number of carbonyl (C=O) groups is 1. The number of hydrogen-bond acceptors (Lipinski definition) is 5. The van der Waals surface area contributed by atoms with E-state index in [1.165, 1.54) is 0 Å². The average Bonchev–Trinajstić information content (AvgIpc) is 3.41. The number of carbonyl (C=O) groups excluding carboxylic acids is 1. The second-order valence-corrected chi connectivity index (χ2v) is 11.3. The molecule has 8 heteroatoms. The molecule has 1 saturated heterocycles. The molecule has 1 aliphatic heterocycles. The number of hydrogen-bond donors (Lipinski definition) is 0. The maximum atomic E-state index is 13.3. The summed E-state index contributed by atoms with van der Waals surface area (Å²) in [5.41, 5.74) is 4.84. The number of anilines is 1. The summed E-state index contributed by atoms with van der Waals surface area (Å²) in [7, 11) is 1.88. The van der Waals surface area contributed by atoms with Crippen molar-refractivity contribution in [3.05, 3.63) is 93.3 Å². The Kier molecular flexibility index (Phi) is 8.46. The number of piperazine rings is 1. The summed E-state index contributed by atoms with van der Waals surface area (Å²) in [5, 5.41) is 2.15. The van der Waals surface area contributed by atoms with Gasteiger partial charge in [0.1, 0.15) is 0 Å². The number of aromatic nitrogens is 1. The van der Waals surface area contributed by atoms with Crippen molar-refractivity contribution < 1.29 is 9.21 Å². The van der Waals surface area contributed by atoms with Crippen LogP contribution in [0, 0.1) is 13.8 Å². The first-order chi connectivity index (χ1) is 18.8. The van der Waals surface area contributed by atoms with Crippen molar-refractivity contribution in [3.8, 4) is 0 Å². The van der Waals surface area contributed by atoms with Gasteiger partial charge in [-0.2, -0.15) is 0 Å². The van der Waals surface area contributed by atoms with E-state index in [0.717, 1.165) is 78.2 Å². The number of aryl methyl sites for hydroxylation is 2. The second kappa shape index (κ2) is 12.0. The van der Waals surface area contributed by atoms with Gasteiger partial charge in [0.2, 0.25) is 0 Å². The number of halogens is 2.